The third-order valence-electron chi connectivity index (χ3n) is 4.41. The van der Waals surface area contributed by atoms with E-state index in [9.17, 15) is 14.4 Å². The van der Waals surface area contributed by atoms with Gasteiger partial charge in [-0.3, -0.25) is 18.7 Å². The number of carbonyl (C=O) groups excluding carboxylic acids is 1. The van der Waals surface area contributed by atoms with Gasteiger partial charge < -0.3 is 15.0 Å². The van der Waals surface area contributed by atoms with Crippen LogP contribution in [0.2, 0.25) is 0 Å². The summed E-state index contributed by atoms with van der Waals surface area (Å²) in [5, 5.41) is 3.78. The lowest BCUT2D eigenvalue weighted by atomic mass is 10.1. The molecule has 0 aliphatic carbocycles. The molecule has 1 amide bonds. The molecule has 0 radical (unpaired) electrons. The van der Waals surface area contributed by atoms with Crippen LogP contribution in [-0.4, -0.2) is 33.7 Å². The van der Waals surface area contributed by atoms with Crippen LogP contribution in [0.4, 0.5) is 0 Å². The molecular formula is C18H20N4O4. The van der Waals surface area contributed by atoms with Crippen LogP contribution in [-0.2, 0) is 20.5 Å². The van der Waals surface area contributed by atoms with Crippen molar-refractivity contribution in [2.45, 2.75) is 6.42 Å². The Balaban J connectivity index is 1.74. The monoisotopic (exact) mass is 356 g/mol. The molecule has 0 aliphatic rings. The van der Waals surface area contributed by atoms with Gasteiger partial charge in [0, 0.05) is 43.8 Å². The van der Waals surface area contributed by atoms with E-state index in [-0.39, 0.29) is 5.69 Å². The van der Waals surface area contributed by atoms with Gasteiger partial charge in [-0.1, -0.05) is 0 Å². The average molecular weight is 356 g/mol. The van der Waals surface area contributed by atoms with Crippen LogP contribution >= 0.6 is 0 Å². The van der Waals surface area contributed by atoms with E-state index in [1.165, 1.54) is 14.1 Å². The highest BCUT2D eigenvalue weighted by Gasteiger charge is 2.13. The highest BCUT2D eigenvalue weighted by molar-refractivity contribution is 5.92. The molecule has 2 aromatic heterocycles. The molecule has 0 aliphatic heterocycles. The summed E-state index contributed by atoms with van der Waals surface area (Å²) in [6.45, 7) is 0.367. The van der Waals surface area contributed by atoms with Crippen molar-refractivity contribution in [2.24, 2.45) is 14.1 Å². The minimum Gasteiger partial charge on any atom is -0.497 e. The number of rotatable bonds is 5. The summed E-state index contributed by atoms with van der Waals surface area (Å²) in [5.41, 5.74) is 1.02. The molecule has 1 aromatic carbocycles. The molecule has 0 bridgehead atoms. The second-order valence-electron chi connectivity index (χ2n) is 6.00. The minimum absolute atomic E-state index is 0.0405. The number of hydrogen-bond donors (Lipinski definition) is 2. The largest absolute Gasteiger partial charge is 0.497 e. The van der Waals surface area contributed by atoms with Crippen LogP contribution in [0.1, 0.15) is 16.1 Å². The second-order valence-corrected chi connectivity index (χ2v) is 6.00. The molecule has 26 heavy (non-hydrogen) atoms. The average Bonchev–Trinajstić information content (AvgIpc) is 3.05. The van der Waals surface area contributed by atoms with Gasteiger partial charge in [0.25, 0.3) is 11.5 Å². The zero-order valence-corrected chi connectivity index (χ0v) is 14.8. The van der Waals surface area contributed by atoms with E-state index in [0.717, 1.165) is 37.4 Å². The summed E-state index contributed by atoms with van der Waals surface area (Å²) < 4.78 is 7.36. The minimum atomic E-state index is -0.536. The lowest BCUT2D eigenvalue weighted by molar-refractivity contribution is 0.0944. The third kappa shape index (κ3) is 3.13. The molecule has 0 saturated carbocycles. The van der Waals surface area contributed by atoms with E-state index in [0.29, 0.717) is 13.0 Å². The molecule has 2 N–H and O–H groups in total. The number of nitrogens with one attached hydrogen (secondary N) is 2. The second kappa shape index (κ2) is 6.91. The van der Waals surface area contributed by atoms with Crippen molar-refractivity contribution in [1.82, 2.24) is 19.4 Å². The van der Waals surface area contributed by atoms with Crippen molar-refractivity contribution in [3.63, 3.8) is 0 Å². The maximum Gasteiger partial charge on any atom is 0.331 e. The molecule has 136 valence electrons. The first-order valence-corrected chi connectivity index (χ1v) is 8.11. The predicted octanol–water partition coefficient (Wildman–Crippen LogP) is 0.546. The zero-order valence-electron chi connectivity index (χ0n) is 14.8. The summed E-state index contributed by atoms with van der Waals surface area (Å²) in [7, 11) is 4.45. The Kier molecular flexibility index (Phi) is 4.66. The number of carbonyl (C=O) groups is 1. The molecule has 2 heterocycles. The zero-order chi connectivity index (χ0) is 18.8. The molecule has 0 fully saturated rings. The van der Waals surface area contributed by atoms with Gasteiger partial charge >= 0.3 is 5.69 Å². The maximum atomic E-state index is 12.3. The van der Waals surface area contributed by atoms with Gasteiger partial charge in [-0.25, -0.2) is 4.79 Å². The van der Waals surface area contributed by atoms with E-state index in [2.05, 4.69) is 10.3 Å². The van der Waals surface area contributed by atoms with E-state index < -0.39 is 17.2 Å². The Bertz CT molecular complexity index is 1090. The van der Waals surface area contributed by atoms with Crippen LogP contribution in [0, 0.1) is 0 Å². The molecule has 3 aromatic rings. The number of benzene rings is 1. The Morgan fingerprint density at radius 3 is 2.69 bits per heavy atom. The number of nitrogens with zero attached hydrogens (tertiary/aromatic N) is 2. The van der Waals surface area contributed by atoms with Crippen molar-refractivity contribution in [3.05, 3.63) is 62.6 Å². The van der Waals surface area contributed by atoms with Crippen molar-refractivity contribution >= 4 is 16.8 Å². The van der Waals surface area contributed by atoms with Crippen LogP contribution in [0.25, 0.3) is 10.9 Å². The Morgan fingerprint density at radius 2 is 1.96 bits per heavy atom. The first kappa shape index (κ1) is 17.5. The van der Waals surface area contributed by atoms with E-state index in [4.69, 9.17) is 4.74 Å². The quantitative estimate of drug-likeness (QED) is 0.697. The molecule has 0 atom stereocenters. The highest BCUT2D eigenvalue weighted by Crippen LogP contribution is 2.23. The molecule has 3 rings (SSSR count). The first-order valence-electron chi connectivity index (χ1n) is 8.11. The normalized spacial score (nSPS) is 10.9. The first-order chi connectivity index (χ1) is 12.4. The van der Waals surface area contributed by atoms with Crippen LogP contribution in [0.3, 0.4) is 0 Å². The molecule has 8 nitrogen and oxygen atoms in total. The summed E-state index contributed by atoms with van der Waals surface area (Å²) in [5.74, 6) is 0.303. The third-order valence-corrected chi connectivity index (χ3v) is 4.41. The highest BCUT2D eigenvalue weighted by atomic mass is 16.5. The smallest absolute Gasteiger partial charge is 0.331 e. The Labute approximate surface area is 149 Å². The van der Waals surface area contributed by atoms with Crippen molar-refractivity contribution in [2.75, 3.05) is 13.7 Å². The van der Waals surface area contributed by atoms with Crippen LogP contribution < -0.4 is 21.3 Å². The van der Waals surface area contributed by atoms with Gasteiger partial charge in [-0.05, 0) is 30.2 Å². The maximum absolute atomic E-state index is 12.3. The number of amides is 1. The van der Waals surface area contributed by atoms with Crippen LogP contribution in [0.15, 0.2) is 40.1 Å². The van der Waals surface area contributed by atoms with Crippen LogP contribution in [0.5, 0.6) is 5.75 Å². The van der Waals surface area contributed by atoms with E-state index in [1.807, 2.05) is 24.4 Å². The predicted molar refractivity (Wildman–Crippen MR) is 97.8 cm³/mol. The SMILES string of the molecule is COc1ccc2[nH]cc(CCNC(=O)c3cc(=O)n(C)c(=O)n3C)c2c1. The molecule has 0 saturated heterocycles. The van der Waals surface area contributed by atoms with Gasteiger partial charge in [-0.15, -0.1) is 0 Å². The molecule has 0 unspecified atom stereocenters. The lowest BCUT2D eigenvalue weighted by Crippen LogP contribution is -2.41. The van der Waals surface area contributed by atoms with Gasteiger partial charge in [0.15, 0.2) is 0 Å². The number of fused-ring (bicyclic) bond motifs is 1. The van der Waals surface area contributed by atoms with E-state index >= 15 is 0 Å². The van der Waals surface area contributed by atoms with Crippen molar-refractivity contribution in [1.29, 1.82) is 0 Å². The topological polar surface area (TPSA) is 98.1 Å². The Hall–Kier alpha value is -3.29. The fourth-order valence-corrected chi connectivity index (χ4v) is 2.84. The fraction of sp³-hybridized carbons (Fsp3) is 0.278. The number of aromatic amines is 1. The van der Waals surface area contributed by atoms with E-state index in [1.54, 1.807) is 7.11 Å². The van der Waals surface area contributed by atoms with Gasteiger partial charge in [-0.2, -0.15) is 0 Å². The summed E-state index contributed by atoms with van der Waals surface area (Å²) in [6.07, 6.45) is 2.49. The van der Waals surface area contributed by atoms with Crippen molar-refractivity contribution < 1.29 is 9.53 Å². The molecular weight excluding hydrogens is 336 g/mol. The summed E-state index contributed by atoms with van der Waals surface area (Å²) in [6, 6.07) is 6.91. The number of methoxy groups -OCH3 is 1. The van der Waals surface area contributed by atoms with Gasteiger partial charge in [0.2, 0.25) is 0 Å². The number of ether oxygens (including phenoxy) is 1. The molecule has 8 heteroatoms. The fourth-order valence-electron chi connectivity index (χ4n) is 2.84. The number of H-pyrrole nitrogens is 1. The molecule has 0 spiro atoms. The lowest BCUT2D eigenvalue weighted by Gasteiger charge is -2.10. The number of aromatic nitrogens is 3. The summed E-state index contributed by atoms with van der Waals surface area (Å²) >= 11 is 0. The summed E-state index contributed by atoms with van der Waals surface area (Å²) in [4.78, 5) is 39.2. The van der Waals surface area contributed by atoms with Crippen molar-refractivity contribution in [3.8, 4) is 5.75 Å². The van der Waals surface area contributed by atoms with Gasteiger partial charge in [0.05, 0.1) is 7.11 Å². The Morgan fingerprint density at radius 1 is 1.19 bits per heavy atom. The van der Waals surface area contributed by atoms with Gasteiger partial charge in [0.1, 0.15) is 11.4 Å². The number of hydrogen-bond acceptors (Lipinski definition) is 4. The standard InChI is InChI=1S/C18H20N4O4/c1-21-15(9-16(23)22(2)18(21)25)17(24)19-7-6-11-10-20-14-5-4-12(26-3)8-13(11)14/h4-5,8-10,20H,6-7H2,1-3H3,(H,19,24).